The van der Waals surface area contributed by atoms with E-state index < -0.39 is 0 Å². The van der Waals surface area contributed by atoms with Gasteiger partial charge in [-0.15, -0.1) is 12.3 Å². The van der Waals surface area contributed by atoms with Gasteiger partial charge in [0.2, 0.25) is 0 Å². The van der Waals surface area contributed by atoms with Gasteiger partial charge in [-0.25, -0.2) is 0 Å². The summed E-state index contributed by atoms with van der Waals surface area (Å²) in [7, 11) is 0. The van der Waals surface area contributed by atoms with Crippen LogP contribution in [0, 0.1) is 12.6 Å². The summed E-state index contributed by atoms with van der Waals surface area (Å²) in [6.45, 7) is 4.00. The van der Waals surface area contributed by atoms with Gasteiger partial charge in [0.25, 0.3) is 0 Å². The largest absolute Gasteiger partial charge is 0.436 e. The molecule has 0 aliphatic rings. The number of aromatic nitrogens is 2. The van der Waals surface area contributed by atoms with E-state index in [4.69, 9.17) is 0 Å². The van der Waals surface area contributed by atoms with Crippen LogP contribution in [0.25, 0.3) is 5.65 Å². The number of hydrogen-bond acceptors (Lipinski definition) is 1. The minimum Gasteiger partial charge on any atom is -0.436 e. The molecule has 2 aromatic rings. The zero-order valence-corrected chi connectivity index (χ0v) is 10.8. The van der Waals surface area contributed by atoms with Gasteiger partial charge in [-0.2, -0.15) is 13.8 Å². The summed E-state index contributed by atoms with van der Waals surface area (Å²) in [5, 5.41) is 0. The van der Waals surface area contributed by atoms with Gasteiger partial charge in [0.1, 0.15) is 0 Å². The maximum Gasteiger partial charge on any atom is 0 e. The number of hydrogen-bond donors (Lipinski definition) is 0. The molecule has 3 heteroatoms. The van der Waals surface area contributed by atoms with Crippen molar-refractivity contribution in [3.05, 3.63) is 43.2 Å². The summed E-state index contributed by atoms with van der Waals surface area (Å²) in [5.74, 6) is 0. The molecule has 0 aliphatic carbocycles. The Balaban J connectivity index is 0.000000324. The molecule has 0 aliphatic heterocycles. The minimum absolute atomic E-state index is 0. The van der Waals surface area contributed by atoms with Crippen molar-refractivity contribution in [1.82, 2.24) is 9.38 Å². The molecule has 0 N–H and O–H groups in total. The molecule has 2 nitrogen and oxygen atoms in total. The average Bonchev–Trinajstić information content (AvgIpc) is 2.52. The number of fused-ring (bicyclic) bond motifs is 1. The van der Waals surface area contributed by atoms with E-state index in [0.717, 1.165) is 5.65 Å². The first-order valence-electron chi connectivity index (χ1n) is 3.92. The SMILES string of the molecule is C[CH-]C.[Y].[c-]1cn2ccccc2n1. The van der Waals surface area contributed by atoms with Gasteiger partial charge in [-0.3, -0.25) is 0 Å². The Morgan fingerprint density at radius 2 is 2.08 bits per heavy atom. The summed E-state index contributed by atoms with van der Waals surface area (Å²) in [6, 6.07) is 5.86. The van der Waals surface area contributed by atoms with Gasteiger partial charge in [0.05, 0.1) is 0 Å². The second-order valence-corrected chi connectivity index (χ2v) is 2.41. The fraction of sp³-hybridized carbons (Fsp3) is 0.200. The Labute approximate surface area is 104 Å². The zero-order chi connectivity index (χ0) is 8.81. The van der Waals surface area contributed by atoms with Gasteiger partial charge in [0, 0.05) is 32.7 Å². The van der Waals surface area contributed by atoms with Crippen LogP contribution in [0.4, 0.5) is 0 Å². The molecule has 0 fully saturated rings. The van der Waals surface area contributed by atoms with Crippen molar-refractivity contribution < 1.29 is 32.7 Å². The summed E-state index contributed by atoms with van der Waals surface area (Å²) in [5.41, 5.74) is 0.942. The van der Waals surface area contributed by atoms with Crippen molar-refractivity contribution in [2.45, 2.75) is 13.8 Å². The predicted octanol–water partition coefficient (Wildman–Crippen LogP) is 2.36. The Morgan fingerprint density at radius 1 is 1.38 bits per heavy atom. The normalized spacial score (nSPS) is 8.46. The molecule has 2 heterocycles. The van der Waals surface area contributed by atoms with E-state index in [-0.39, 0.29) is 32.7 Å². The third-order valence-electron chi connectivity index (χ3n) is 1.24. The van der Waals surface area contributed by atoms with Crippen molar-refractivity contribution in [3.63, 3.8) is 0 Å². The maximum absolute atomic E-state index is 3.96. The summed E-state index contributed by atoms with van der Waals surface area (Å²) in [4.78, 5) is 3.96. The van der Waals surface area contributed by atoms with Crippen LogP contribution in [0.5, 0.6) is 0 Å². The molecule has 0 amide bonds. The molecule has 2 rings (SSSR count). The Hall–Kier alpha value is -0.206. The van der Waals surface area contributed by atoms with E-state index in [9.17, 15) is 0 Å². The minimum atomic E-state index is 0. The van der Waals surface area contributed by atoms with Crippen LogP contribution in [0.15, 0.2) is 30.6 Å². The van der Waals surface area contributed by atoms with Crippen molar-refractivity contribution in [3.8, 4) is 0 Å². The summed E-state index contributed by atoms with van der Waals surface area (Å²) < 4.78 is 1.92. The average molecular weight is 249 g/mol. The number of rotatable bonds is 0. The molecule has 0 unspecified atom stereocenters. The fourth-order valence-electron chi connectivity index (χ4n) is 0.808. The summed E-state index contributed by atoms with van der Waals surface area (Å²) >= 11 is 0. The van der Waals surface area contributed by atoms with E-state index in [2.05, 4.69) is 11.2 Å². The monoisotopic (exact) mass is 249 g/mol. The Kier molecular flexibility index (Phi) is 7.11. The van der Waals surface area contributed by atoms with Crippen LogP contribution in [0.2, 0.25) is 0 Å². The maximum atomic E-state index is 3.96. The van der Waals surface area contributed by atoms with Crippen LogP contribution < -0.4 is 0 Å². The Bertz CT molecular complexity index is 300. The zero-order valence-electron chi connectivity index (χ0n) is 7.94. The standard InChI is InChI=1S/C7H5N2.C3H7.Y/c1-2-5-9-6-4-8-7(9)3-1;1-3-2;/h1-3,5-6H;3H,1-2H3;/q2*-1;. The second kappa shape index (κ2) is 7.22. The Morgan fingerprint density at radius 3 is 2.69 bits per heavy atom. The molecule has 13 heavy (non-hydrogen) atoms. The second-order valence-electron chi connectivity index (χ2n) is 2.41. The number of imidazole rings is 1. The van der Waals surface area contributed by atoms with E-state index in [1.54, 1.807) is 6.20 Å². The molecule has 0 saturated heterocycles. The molecule has 0 saturated carbocycles. The van der Waals surface area contributed by atoms with Crippen molar-refractivity contribution >= 4 is 5.65 Å². The molecular weight excluding hydrogens is 237 g/mol. The van der Waals surface area contributed by atoms with Crippen molar-refractivity contribution in [1.29, 1.82) is 0 Å². The number of nitrogens with zero attached hydrogens (tertiary/aromatic N) is 2. The molecule has 2 aromatic heterocycles. The van der Waals surface area contributed by atoms with E-state index in [1.165, 1.54) is 0 Å². The van der Waals surface area contributed by atoms with E-state index in [1.807, 2.05) is 49.1 Å². The van der Waals surface area contributed by atoms with Gasteiger partial charge in [-0.05, 0) is 17.9 Å². The molecule has 0 bridgehead atoms. The third kappa shape index (κ3) is 4.01. The van der Waals surface area contributed by atoms with Gasteiger partial charge < -0.3 is 15.8 Å². The molecule has 1 radical (unpaired) electrons. The van der Waals surface area contributed by atoms with E-state index >= 15 is 0 Å². The first-order chi connectivity index (χ1) is 5.88. The van der Waals surface area contributed by atoms with Crippen LogP contribution in [-0.4, -0.2) is 9.38 Å². The van der Waals surface area contributed by atoms with Crippen LogP contribution in [0.3, 0.4) is 0 Å². The van der Waals surface area contributed by atoms with Gasteiger partial charge in [-0.1, -0.05) is 12.3 Å². The smallest absolute Gasteiger partial charge is 0 e. The quantitative estimate of drug-likeness (QED) is 0.655. The molecule has 0 atom stereocenters. The third-order valence-corrected chi connectivity index (χ3v) is 1.24. The molecule has 0 spiro atoms. The van der Waals surface area contributed by atoms with Crippen molar-refractivity contribution in [2.75, 3.05) is 0 Å². The first-order valence-corrected chi connectivity index (χ1v) is 3.92. The molecule has 0 aromatic carbocycles. The van der Waals surface area contributed by atoms with Crippen LogP contribution >= 0.6 is 0 Å². The summed E-state index contributed by atoms with van der Waals surface area (Å²) in [6.07, 6.45) is 8.49. The van der Waals surface area contributed by atoms with E-state index in [0.29, 0.717) is 0 Å². The van der Waals surface area contributed by atoms with Crippen LogP contribution in [0.1, 0.15) is 13.8 Å². The molecular formula is C10H12N2Y-2. The van der Waals surface area contributed by atoms with Gasteiger partial charge >= 0.3 is 0 Å². The van der Waals surface area contributed by atoms with Crippen LogP contribution in [-0.2, 0) is 32.7 Å². The molecule has 67 valence electrons. The first kappa shape index (κ1) is 12.8. The van der Waals surface area contributed by atoms with Crippen molar-refractivity contribution in [2.24, 2.45) is 0 Å². The number of pyridine rings is 1. The predicted molar refractivity (Wildman–Crippen MR) is 49.7 cm³/mol. The topological polar surface area (TPSA) is 17.3 Å². The van der Waals surface area contributed by atoms with Gasteiger partial charge in [0.15, 0.2) is 0 Å². The fourth-order valence-corrected chi connectivity index (χ4v) is 0.808.